The van der Waals surface area contributed by atoms with Gasteiger partial charge in [0.1, 0.15) is 5.82 Å². The van der Waals surface area contributed by atoms with E-state index in [1.54, 1.807) is 12.1 Å². The Bertz CT molecular complexity index is 486. The molecule has 0 spiro atoms. The van der Waals surface area contributed by atoms with Crippen molar-refractivity contribution in [3.63, 3.8) is 0 Å². The van der Waals surface area contributed by atoms with Crippen molar-refractivity contribution >= 4 is 15.9 Å². The van der Waals surface area contributed by atoms with Crippen LogP contribution in [-0.4, -0.2) is 10.1 Å². The van der Waals surface area contributed by atoms with E-state index in [0.717, 1.165) is 6.42 Å². The highest BCUT2D eigenvalue weighted by Crippen LogP contribution is 2.26. The Hall–Kier alpha value is -1.23. The van der Waals surface area contributed by atoms with Crippen LogP contribution in [-0.2, 0) is 0 Å². The van der Waals surface area contributed by atoms with Gasteiger partial charge in [0.25, 0.3) is 0 Å². The summed E-state index contributed by atoms with van der Waals surface area (Å²) >= 11 is 3.41. The van der Waals surface area contributed by atoms with Gasteiger partial charge >= 0.3 is 0 Å². The Morgan fingerprint density at radius 3 is 3.00 bits per heavy atom. The van der Waals surface area contributed by atoms with Gasteiger partial charge in [0.05, 0.1) is 4.83 Å². The molecule has 0 bridgehead atoms. The van der Waals surface area contributed by atoms with Gasteiger partial charge < -0.3 is 4.52 Å². The maximum Gasteiger partial charge on any atom is 0.240 e. The van der Waals surface area contributed by atoms with Gasteiger partial charge in [-0.05, 0) is 18.6 Å². The zero-order chi connectivity index (χ0) is 11.5. The minimum atomic E-state index is -0.310. The van der Waals surface area contributed by atoms with E-state index in [1.807, 2.05) is 6.92 Å². The zero-order valence-electron chi connectivity index (χ0n) is 8.65. The molecule has 0 N–H and O–H groups in total. The standard InChI is InChI=1S/C11H10BrFN2O/c1-2-9(12)11-14-10(15-16-11)7-4-3-5-8(13)6-7/h3-6,9H,2H2,1H3. The summed E-state index contributed by atoms with van der Waals surface area (Å²) in [4.78, 5) is 4.24. The lowest BCUT2D eigenvalue weighted by Gasteiger charge is -1.96. The van der Waals surface area contributed by atoms with Crippen LogP contribution in [0.1, 0.15) is 24.1 Å². The molecular weight excluding hydrogens is 275 g/mol. The molecule has 0 saturated carbocycles. The van der Waals surface area contributed by atoms with Crippen LogP contribution in [0, 0.1) is 5.82 Å². The maximum absolute atomic E-state index is 13.0. The van der Waals surface area contributed by atoms with E-state index in [0.29, 0.717) is 17.3 Å². The number of hydrogen-bond acceptors (Lipinski definition) is 3. The molecule has 5 heteroatoms. The number of aromatic nitrogens is 2. The van der Waals surface area contributed by atoms with Crippen LogP contribution in [0.3, 0.4) is 0 Å². The molecule has 16 heavy (non-hydrogen) atoms. The quantitative estimate of drug-likeness (QED) is 0.807. The third-order valence-corrected chi connectivity index (χ3v) is 3.19. The molecule has 2 rings (SSSR count). The van der Waals surface area contributed by atoms with Crippen molar-refractivity contribution in [3.8, 4) is 11.4 Å². The minimum absolute atomic E-state index is 0.0438. The topological polar surface area (TPSA) is 38.9 Å². The van der Waals surface area contributed by atoms with E-state index in [2.05, 4.69) is 26.1 Å². The first-order valence-electron chi connectivity index (χ1n) is 4.94. The van der Waals surface area contributed by atoms with Crippen molar-refractivity contribution in [1.29, 1.82) is 0 Å². The smallest absolute Gasteiger partial charge is 0.240 e. The fourth-order valence-electron chi connectivity index (χ4n) is 1.28. The summed E-state index contributed by atoms with van der Waals surface area (Å²) in [6.45, 7) is 2.01. The monoisotopic (exact) mass is 284 g/mol. The second-order valence-corrected chi connectivity index (χ2v) is 4.45. The van der Waals surface area contributed by atoms with Crippen LogP contribution in [0.4, 0.5) is 4.39 Å². The van der Waals surface area contributed by atoms with Gasteiger partial charge in [-0.1, -0.05) is 40.1 Å². The van der Waals surface area contributed by atoms with Gasteiger partial charge in [0.15, 0.2) is 0 Å². The van der Waals surface area contributed by atoms with Crippen LogP contribution in [0.5, 0.6) is 0 Å². The average molecular weight is 285 g/mol. The van der Waals surface area contributed by atoms with E-state index in [1.165, 1.54) is 12.1 Å². The fraction of sp³-hybridized carbons (Fsp3) is 0.273. The van der Waals surface area contributed by atoms with Gasteiger partial charge in [-0.2, -0.15) is 4.98 Å². The molecule has 3 nitrogen and oxygen atoms in total. The summed E-state index contributed by atoms with van der Waals surface area (Å²) in [5.41, 5.74) is 0.616. The predicted molar refractivity (Wildman–Crippen MR) is 61.7 cm³/mol. The number of halogens is 2. The summed E-state index contributed by atoms with van der Waals surface area (Å²) in [5, 5.41) is 3.81. The molecule has 1 aromatic carbocycles. The molecule has 0 saturated heterocycles. The lowest BCUT2D eigenvalue weighted by atomic mass is 10.2. The van der Waals surface area contributed by atoms with Gasteiger partial charge in [-0.25, -0.2) is 4.39 Å². The first-order valence-corrected chi connectivity index (χ1v) is 5.86. The molecule has 0 amide bonds. The molecule has 0 aliphatic carbocycles. The van der Waals surface area contributed by atoms with Crippen molar-refractivity contribution < 1.29 is 8.91 Å². The molecule has 0 radical (unpaired) electrons. The van der Waals surface area contributed by atoms with Crippen LogP contribution >= 0.6 is 15.9 Å². The van der Waals surface area contributed by atoms with Crippen molar-refractivity contribution in [2.45, 2.75) is 18.2 Å². The SMILES string of the molecule is CCC(Br)c1nc(-c2cccc(F)c2)no1. The third-order valence-electron chi connectivity index (χ3n) is 2.15. The summed E-state index contributed by atoms with van der Waals surface area (Å²) in [7, 11) is 0. The Kier molecular flexibility index (Phi) is 3.33. The number of alkyl halides is 1. The van der Waals surface area contributed by atoms with Crippen molar-refractivity contribution in [2.24, 2.45) is 0 Å². The molecule has 1 heterocycles. The Labute approximate surface area is 101 Å². The van der Waals surface area contributed by atoms with E-state index in [4.69, 9.17) is 4.52 Å². The van der Waals surface area contributed by atoms with Gasteiger partial charge in [-0.3, -0.25) is 0 Å². The summed E-state index contributed by atoms with van der Waals surface area (Å²) in [5.74, 6) is 0.615. The molecule has 0 aliphatic heterocycles. The van der Waals surface area contributed by atoms with E-state index in [9.17, 15) is 4.39 Å². The van der Waals surface area contributed by atoms with E-state index in [-0.39, 0.29) is 10.6 Å². The average Bonchev–Trinajstić information content (AvgIpc) is 2.77. The molecule has 0 fully saturated rings. The third kappa shape index (κ3) is 2.29. The Morgan fingerprint density at radius 2 is 2.31 bits per heavy atom. The largest absolute Gasteiger partial charge is 0.338 e. The van der Waals surface area contributed by atoms with Gasteiger partial charge in [-0.15, -0.1) is 0 Å². The molecule has 1 aromatic heterocycles. The summed E-state index contributed by atoms with van der Waals surface area (Å²) in [6, 6.07) is 6.12. The first-order chi connectivity index (χ1) is 7.70. The van der Waals surface area contributed by atoms with Crippen LogP contribution in [0.15, 0.2) is 28.8 Å². The van der Waals surface area contributed by atoms with Gasteiger partial charge in [0, 0.05) is 5.56 Å². The van der Waals surface area contributed by atoms with E-state index < -0.39 is 0 Å². The number of benzene rings is 1. The molecular formula is C11H10BrFN2O. The number of hydrogen-bond donors (Lipinski definition) is 0. The van der Waals surface area contributed by atoms with Gasteiger partial charge in [0.2, 0.25) is 11.7 Å². The Morgan fingerprint density at radius 1 is 1.50 bits per heavy atom. The van der Waals surface area contributed by atoms with Crippen molar-refractivity contribution in [2.75, 3.05) is 0 Å². The number of nitrogens with zero attached hydrogens (tertiary/aromatic N) is 2. The van der Waals surface area contributed by atoms with E-state index >= 15 is 0 Å². The highest BCUT2D eigenvalue weighted by molar-refractivity contribution is 9.09. The maximum atomic E-state index is 13.0. The summed E-state index contributed by atoms with van der Waals surface area (Å²) < 4.78 is 18.1. The molecule has 1 atom stereocenters. The normalized spacial score (nSPS) is 12.7. The van der Waals surface area contributed by atoms with Crippen molar-refractivity contribution in [1.82, 2.24) is 10.1 Å². The lowest BCUT2D eigenvalue weighted by Crippen LogP contribution is -1.87. The second-order valence-electron chi connectivity index (χ2n) is 3.34. The summed E-state index contributed by atoms with van der Waals surface area (Å²) in [6.07, 6.45) is 0.852. The van der Waals surface area contributed by atoms with Crippen LogP contribution in [0.2, 0.25) is 0 Å². The second kappa shape index (κ2) is 4.74. The zero-order valence-corrected chi connectivity index (χ0v) is 10.2. The minimum Gasteiger partial charge on any atom is -0.338 e. The van der Waals surface area contributed by atoms with Crippen LogP contribution in [0.25, 0.3) is 11.4 Å². The fourth-order valence-corrected chi connectivity index (χ4v) is 1.47. The highest BCUT2D eigenvalue weighted by atomic mass is 79.9. The molecule has 0 aliphatic rings. The van der Waals surface area contributed by atoms with Crippen molar-refractivity contribution in [3.05, 3.63) is 36.0 Å². The van der Waals surface area contributed by atoms with Crippen LogP contribution < -0.4 is 0 Å². The predicted octanol–water partition coefficient (Wildman–Crippen LogP) is 3.72. The molecule has 84 valence electrons. The molecule has 1 unspecified atom stereocenters. The first kappa shape index (κ1) is 11.3. The lowest BCUT2D eigenvalue weighted by molar-refractivity contribution is 0.377. The highest BCUT2D eigenvalue weighted by Gasteiger charge is 2.14. The Balaban J connectivity index is 2.31. The molecule has 2 aromatic rings. The number of rotatable bonds is 3.